The van der Waals surface area contributed by atoms with Crippen molar-refractivity contribution in [3.63, 3.8) is 0 Å². The summed E-state index contributed by atoms with van der Waals surface area (Å²) in [6, 6.07) is 0.277. The topological polar surface area (TPSA) is 87.7 Å². The Balaban J connectivity index is 0.000000487. The fraction of sp³-hybridized carbons (Fsp3) is 0.800. The highest BCUT2D eigenvalue weighted by Gasteiger charge is 2.18. The summed E-state index contributed by atoms with van der Waals surface area (Å²) >= 11 is 0. The molecule has 1 aliphatic heterocycles. The first kappa shape index (κ1) is 14.7. The number of nitrogens with one attached hydrogen (secondary N) is 2. The van der Waals surface area contributed by atoms with Crippen molar-refractivity contribution in [3.05, 3.63) is 0 Å². The molecule has 6 heteroatoms. The normalized spacial score (nSPS) is 14.1. The molecule has 0 saturated carbocycles. The van der Waals surface area contributed by atoms with Gasteiger partial charge in [-0.15, -0.1) is 0 Å². The van der Waals surface area contributed by atoms with E-state index in [0.29, 0.717) is 6.61 Å². The third-order valence-corrected chi connectivity index (χ3v) is 1.83. The van der Waals surface area contributed by atoms with Crippen molar-refractivity contribution >= 4 is 12.1 Å². The molecular formula is C10H20N2O4. The second-order valence-corrected chi connectivity index (χ2v) is 3.51. The molecule has 0 unspecified atom stereocenters. The lowest BCUT2D eigenvalue weighted by Gasteiger charge is -2.27. The van der Waals surface area contributed by atoms with Gasteiger partial charge in [-0.1, -0.05) is 13.3 Å². The predicted octanol–water partition coefficient (Wildman–Crippen LogP) is 0.575. The first-order valence-corrected chi connectivity index (χ1v) is 5.39. The molecule has 6 nitrogen and oxygen atoms in total. The Kier molecular flexibility index (Phi) is 8.24. The van der Waals surface area contributed by atoms with Crippen molar-refractivity contribution in [2.75, 3.05) is 19.7 Å². The Morgan fingerprint density at radius 3 is 2.44 bits per heavy atom. The maximum Gasteiger partial charge on any atom is 0.407 e. The van der Waals surface area contributed by atoms with Crippen molar-refractivity contribution in [2.24, 2.45) is 0 Å². The number of carboxylic acid groups (broad SMARTS) is 1. The van der Waals surface area contributed by atoms with Crippen LogP contribution >= 0.6 is 0 Å². The number of carboxylic acids is 1. The summed E-state index contributed by atoms with van der Waals surface area (Å²) in [5.41, 5.74) is 0. The Labute approximate surface area is 95.4 Å². The van der Waals surface area contributed by atoms with Gasteiger partial charge in [-0.3, -0.25) is 4.79 Å². The lowest BCUT2D eigenvalue weighted by molar-refractivity contribution is -0.134. The zero-order chi connectivity index (χ0) is 12.4. The molecule has 0 spiro atoms. The summed E-state index contributed by atoms with van der Waals surface area (Å²) in [7, 11) is 0. The van der Waals surface area contributed by atoms with Crippen LogP contribution in [0, 0.1) is 0 Å². The second kappa shape index (κ2) is 8.96. The van der Waals surface area contributed by atoms with Gasteiger partial charge in [0.15, 0.2) is 0 Å². The lowest BCUT2D eigenvalue weighted by atomic mass is 10.2. The fourth-order valence-electron chi connectivity index (χ4n) is 0.908. The van der Waals surface area contributed by atoms with Gasteiger partial charge in [-0.05, 0) is 6.42 Å². The molecule has 0 atom stereocenters. The number of rotatable bonds is 4. The molecule has 1 aliphatic rings. The number of carbonyl (C=O) groups is 2. The SMILES string of the molecule is CC(=O)O.CCCCOC(=O)NC1CNC1. The molecule has 1 heterocycles. The highest BCUT2D eigenvalue weighted by molar-refractivity contribution is 5.67. The van der Waals surface area contributed by atoms with E-state index in [4.69, 9.17) is 14.6 Å². The molecule has 0 bridgehead atoms. The van der Waals surface area contributed by atoms with Gasteiger partial charge < -0.3 is 20.5 Å². The van der Waals surface area contributed by atoms with Crippen LogP contribution in [0.1, 0.15) is 26.7 Å². The Morgan fingerprint density at radius 2 is 2.06 bits per heavy atom. The van der Waals surface area contributed by atoms with Gasteiger partial charge in [-0.25, -0.2) is 4.79 Å². The van der Waals surface area contributed by atoms with Gasteiger partial charge in [-0.2, -0.15) is 0 Å². The molecule has 1 amide bonds. The van der Waals surface area contributed by atoms with Gasteiger partial charge in [0, 0.05) is 20.0 Å². The number of amides is 1. The monoisotopic (exact) mass is 232 g/mol. The minimum absolute atomic E-state index is 0.277. The van der Waals surface area contributed by atoms with Crippen molar-refractivity contribution < 1.29 is 19.4 Å². The average Bonchev–Trinajstić information content (AvgIpc) is 2.11. The standard InChI is InChI=1S/C8H16N2O2.C2H4O2/c1-2-3-4-12-8(11)10-7-5-9-6-7;1-2(3)4/h7,9H,2-6H2,1H3,(H,10,11);1H3,(H,3,4). The van der Waals surface area contributed by atoms with Crippen LogP contribution in [0.3, 0.4) is 0 Å². The average molecular weight is 232 g/mol. The summed E-state index contributed by atoms with van der Waals surface area (Å²) in [5.74, 6) is -0.833. The number of aliphatic carboxylic acids is 1. The van der Waals surface area contributed by atoms with Crippen molar-refractivity contribution in [3.8, 4) is 0 Å². The number of alkyl carbamates (subject to hydrolysis) is 1. The molecule has 1 rings (SSSR count). The van der Waals surface area contributed by atoms with Crippen LogP contribution in [0.5, 0.6) is 0 Å². The van der Waals surface area contributed by atoms with E-state index >= 15 is 0 Å². The first-order chi connectivity index (χ1) is 7.56. The van der Waals surface area contributed by atoms with Crippen molar-refractivity contribution in [1.29, 1.82) is 0 Å². The largest absolute Gasteiger partial charge is 0.481 e. The van der Waals surface area contributed by atoms with Crippen LogP contribution in [0.2, 0.25) is 0 Å². The quantitative estimate of drug-likeness (QED) is 0.617. The molecule has 0 aromatic heterocycles. The summed E-state index contributed by atoms with van der Waals surface area (Å²) in [6.45, 7) is 5.41. The van der Waals surface area contributed by atoms with Crippen molar-refractivity contribution in [1.82, 2.24) is 10.6 Å². The van der Waals surface area contributed by atoms with E-state index in [1.807, 2.05) is 0 Å². The Bertz CT molecular complexity index is 213. The van der Waals surface area contributed by atoms with E-state index in [0.717, 1.165) is 32.9 Å². The summed E-state index contributed by atoms with van der Waals surface area (Å²) in [6.07, 6.45) is 1.71. The smallest absolute Gasteiger partial charge is 0.407 e. The number of unbranched alkanes of at least 4 members (excludes halogenated alkanes) is 1. The minimum Gasteiger partial charge on any atom is -0.481 e. The predicted molar refractivity (Wildman–Crippen MR) is 59.4 cm³/mol. The molecule has 0 aromatic carbocycles. The van der Waals surface area contributed by atoms with E-state index in [9.17, 15) is 4.79 Å². The molecule has 16 heavy (non-hydrogen) atoms. The van der Waals surface area contributed by atoms with Gasteiger partial charge in [0.25, 0.3) is 5.97 Å². The second-order valence-electron chi connectivity index (χ2n) is 3.51. The molecule has 0 aliphatic carbocycles. The third-order valence-electron chi connectivity index (χ3n) is 1.83. The maximum atomic E-state index is 11.0. The highest BCUT2D eigenvalue weighted by atomic mass is 16.5. The Morgan fingerprint density at radius 1 is 1.50 bits per heavy atom. The molecule has 3 N–H and O–H groups in total. The summed E-state index contributed by atoms with van der Waals surface area (Å²) < 4.78 is 4.91. The van der Waals surface area contributed by atoms with E-state index in [1.54, 1.807) is 0 Å². The number of carbonyl (C=O) groups excluding carboxylic acids is 1. The Hall–Kier alpha value is -1.30. The number of hydrogen-bond donors (Lipinski definition) is 3. The molecule has 0 radical (unpaired) electrons. The van der Waals surface area contributed by atoms with Crippen LogP contribution in [0.25, 0.3) is 0 Å². The number of hydrogen-bond acceptors (Lipinski definition) is 4. The summed E-state index contributed by atoms with van der Waals surface area (Å²) in [5, 5.41) is 13.2. The van der Waals surface area contributed by atoms with Crippen LogP contribution in [-0.2, 0) is 9.53 Å². The molecule has 1 fully saturated rings. The minimum atomic E-state index is -0.833. The highest BCUT2D eigenvalue weighted by Crippen LogP contribution is 1.93. The number of ether oxygens (including phenoxy) is 1. The first-order valence-electron chi connectivity index (χ1n) is 5.39. The fourth-order valence-corrected chi connectivity index (χ4v) is 0.908. The third kappa shape index (κ3) is 9.26. The summed E-state index contributed by atoms with van der Waals surface area (Å²) in [4.78, 5) is 20.0. The van der Waals surface area contributed by atoms with E-state index in [1.165, 1.54) is 0 Å². The van der Waals surface area contributed by atoms with Crippen LogP contribution in [0.4, 0.5) is 4.79 Å². The van der Waals surface area contributed by atoms with E-state index in [2.05, 4.69) is 17.6 Å². The van der Waals surface area contributed by atoms with Crippen LogP contribution < -0.4 is 10.6 Å². The molecular weight excluding hydrogens is 212 g/mol. The van der Waals surface area contributed by atoms with Crippen molar-refractivity contribution in [2.45, 2.75) is 32.7 Å². The van der Waals surface area contributed by atoms with Crippen LogP contribution in [-0.4, -0.2) is 42.9 Å². The van der Waals surface area contributed by atoms with Gasteiger partial charge in [0.05, 0.1) is 12.6 Å². The zero-order valence-electron chi connectivity index (χ0n) is 9.78. The van der Waals surface area contributed by atoms with E-state index < -0.39 is 5.97 Å². The van der Waals surface area contributed by atoms with E-state index in [-0.39, 0.29) is 12.1 Å². The van der Waals surface area contributed by atoms with Gasteiger partial charge >= 0.3 is 6.09 Å². The van der Waals surface area contributed by atoms with Gasteiger partial charge in [0.1, 0.15) is 0 Å². The lowest BCUT2D eigenvalue weighted by Crippen LogP contribution is -2.57. The van der Waals surface area contributed by atoms with Gasteiger partial charge in [0.2, 0.25) is 0 Å². The molecule has 1 saturated heterocycles. The molecule has 94 valence electrons. The van der Waals surface area contributed by atoms with Crippen LogP contribution in [0.15, 0.2) is 0 Å². The maximum absolute atomic E-state index is 11.0. The molecule has 0 aromatic rings. The zero-order valence-corrected chi connectivity index (χ0v) is 9.78.